The lowest BCUT2D eigenvalue weighted by molar-refractivity contribution is -0.154. The van der Waals surface area contributed by atoms with Gasteiger partial charge in [-0.15, -0.1) is 0 Å². The van der Waals surface area contributed by atoms with Gasteiger partial charge in [0.2, 0.25) is 0 Å². The van der Waals surface area contributed by atoms with Crippen LogP contribution >= 0.6 is 7.82 Å². The topological polar surface area (TPSA) is 155 Å². The average Bonchev–Trinajstić information content (AvgIpc) is 3.24. The standard InChI is InChI=1S/C50H92NO9P/c1-3-5-7-9-11-13-15-17-19-21-23-25-27-29-31-33-35-37-39-41-43-57-44-47(45-58-61(55,56)59-46-48(51)50(53)54)60-49(52)42-40-38-36-34-32-30-28-26-24-22-20-18-16-14-12-10-8-6-4-2/h11-14,17-20,47-48H,3-10,15-16,21-46,51H2,1-2H3,(H,53,54)(H,55,56)/b13-11-,14-12-,19-17-,20-18-. The smallest absolute Gasteiger partial charge is 0.472 e. The maximum Gasteiger partial charge on any atom is 0.472 e. The fourth-order valence-electron chi connectivity index (χ4n) is 6.72. The number of carbonyl (C=O) groups excluding carboxylic acids is 1. The Morgan fingerprint density at radius 1 is 0.525 bits per heavy atom. The van der Waals surface area contributed by atoms with Gasteiger partial charge in [0.25, 0.3) is 0 Å². The van der Waals surface area contributed by atoms with E-state index in [4.69, 9.17) is 29.4 Å². The largest absolute Gasteiger partial charge is 0.480 e. The fraction of sp³-hybridized carbons (Fsp3) is 0.800. The van der Waals surface area contributed by atoms with E-state index in [0.29, 0.717) is 13.0 Å². The molecule has 0 spiro atoms. The van der Waals surface area contributed by atoms with Crippen molar-refractivity contribution in [1.82, 2.24) is 0 Å². The number of carboxylic acids is 1. The zero-order valence-corrected chi connectivity index (χ0v) is 39.9. The average molecular weight is 882 g/mol. The number of phosphoric ester groups is 1. The monoisotopic (exact) mass is 882 g/mol. The molecule has 0 aromatic rings. The summed E-state index contributed by atoms with van der Waals surface area (Å²) in [6, 6.07) is -1.48. The summed E-state index contributed by atoms with van der Waals surface area (Å²) in [5.41, 5.74) is 5.37. The van der Waals surface area contributed by atoms with Crippen LogP contribution in [0.25, 0.3) is 0 Å². The third-order valence-electron chi connectivity index (χ3n) is 10.6. The molecule has 0 aromatic carbocycles. The van der Waals surface area contributed by atoms with E-state index in [9.17, 15) is 19.0 Å². The van der Waals surface area contributed by atoms with Crippen LogP contribution in [0.3, 0.4) is 0 Å². The molecule has 356 valence electrons. The lowest BCUT2D eigenvalue weighted by Gasteiger charge is -2.20. The van der Waals surface area contributed by atoms with Crippen molar-refractivity contribution in [3.63, 3.8) is 0 Å². The van der Waals surface area contributed by atoms with Gasteiger partial charge >= 0.3 is 19.8 Å². The number of carboxylic acid groups (broad SMARTS) is 1. The molecular formula is C50H92NO9P. The molecule has 0 rings (SSSR count). The number of esters is 1. The van der Waals surface area contributed by atoms with Crippen molar-refractivity contribution in [3.05, 3.63) is 48.6 Å². The van der Waals surface area contributed by atoms with Crippen LogP contribution in [0.15, 0.2) is 48.6 Å². The van der Waals surface area contributed by atoms with Crippen LogP contribution in [0.4, 0.5) is 0 Å². The molecule has 0 fully saturated rings. The normalized spacial score (nSPS) is 14.2. The quantitative estimate of drug-likeness (QED) is 0.0233. The molecule has 0 aliphatic heterocycles. The number of unbranched alkanes of at least 4 members (excludes halogenated alkanes) is 25. The lowest BCUT2D eigenvalue weighted by Crippen LogP contribution is -2.34. The highest BCUT2D eigenvalue weighted by atomic mass is 31.2. The highest BCUT2D eigenvalue weighted by molar-refractivity contribution is 7.47. The summed E-state index contributed by atoms with van der Waals surface area (Å²) in [6.45, 7) is 3.84. The van der Waals surface area contributed by atoms with Gasteiger partial charge in [-0.05, 0) is 77.0 Å². The fourth-order valence-corrected chi connectivity index (χ4v) is 7.50. The van der Waals surface area contributed by atoms with Crippen molar-refractivity contribution in [1.29, 1.82) is 0 Å². The van der Waals surface area contributed by atoms with E-state index < -0.39 is 45.1 Å². The Labute approximate surface area is 373 Å². The van der Waals surface area contributed by atoms with E-state index in [1.165, 1.54) is 135 Å². The predicted octanol–water partition coefficient (Wildman–Crippen LogP) is 14.2. The van der Waals surface area contributed by atoms with E-state index in [2.05, 4.69) is 62.5 Å². The maximum atomic E-state index is 12.7. The highest BCUT2D eigenvalue weighted by Gasteiger charge is 2.27. The first-order valence-electron chi connectivity index (χ1n) is 24.7. The third kappa shape index (κ3) is 45.8. The van der Waals surface area contributed by atoms with Crippen LogP contribution in [0, 0.1) is 0 Å². The Balaban J connectivity index is 4.17. The number of allylic oxidation sites excluding steroid dienone is 8. The Bertz CT molecular complexity index is 1160. The molecule has 0 radical (unpaired) electrons. The molecule has 0 aliphatic carbocycles. The molecule has 0 aliphatic rings. The Morgan fingerprint density at radius 3 is 1.33 bits per heavy atom. The molecule has 0 saturated carbocycles. The SMILES string of the molecule is CCCCC/C=C\C/C=C\CCCCCCCCCCCCOCC(COP(=O)(O)OCC(N)C(=O)O)OC(=O)CCCCCCCCCCC/C=C\C/C=C\CCCCC. The van der Waals surface area contributed by atoms with Crippen molar-refractivity contribution >= 4 is 19.8 Å². The van der Waals surface area contributed by atoms with Gasteiger partial charge in [0.1, 0.15) is 12.1 Å². The van der Waals surface area contributed by atoms with Crippen LogP contribution in [0.2, 0.25) is 0 Å². The zero-order chi connectivity index (χ0) is 44.8. The van der Waals surface area contributed by atoms with E-state index >= 15 is 0 Å². The number of rotatable bonds is 47. The second kappa shape index (κ2) is 45.9. The van der Waals surface area contributed by atoms with Crippen molar-refractivity contribution in [3.8, 4) is 0 Å². The summed E-state index contributed by atoms with van der Waals surface area (Å²) in [5.74, 6) is -1.78. The number of hydrogen-bond acceptors (Lipinski definition) is 8. The van der Waals surface area contributed by atoms with Gasteiger partial charge in [0, 0.05) is 13.0 Å². The molecule has 3 unspecified atom stereocenters. The van der Waals surface area contributed by atoms with E-state index in [-0.39, 0.29) is 13.0 Å². The van der Waals surface area contributed by atoms with Crippen LogP contribution in [0.5, 0.6) is 0 Å². The molecular weight excluding hydrogens is 790 g/mol. The zero-order valence-electron chi connectivity index (χ0n) is 39.0. The van der Waals surface area contributed by atoms with Crippen molar-refractivity contribution in [2.45, 2.75) is 231 Å². The predicted molar refractivity (Wildman–Crippen MR) is 254 cm³/mol. The van der Waals surface area contributed by atoms with Gasteiger partial charge in [0.15, 0.2) is 0 Å². The number of hydrogen-bond donors (Lipinski definition) is 3. The van der Waals surface area contributed by atoms with Gasteiger partial charge in [0.05, 0.1) is 19.8 Å². The van der Waals surface area contributed by atoms with E-state index in [1.54, 1.807) is 0 Å². The van der Waals surface area contributed by atoms with Crippen LogP contribution < -0.4 is 5.73 Å². The van der Waals surface area contributed by atoms with Crippen LogP contribution in [0.1, 0.15) is 219 Å². The minimum Gasteiger partial charge on any atom is -0.480 e. The molecule has 0 aromatic heterocycles. The summed E-state index contributed by atoms with van der Waals surface area (Å²) in [7, 11) is -4.62. The summed E-state index contributed by atoms with van der Waals surface area (Å²) in [5, 5.41) is 8.92. The summed E-state index contributed by atoms with van der Waals surface area (Å²) in [4.78, 5) is 33.7. The summed E-state index contributed by atoms with van der Waals surface area (Å²) in [6.07, 6.45) is 54.4. The number of phosphoric acid groups is 1. The summed E-state index contributed by atoms with van der Waals surface area (Å²) >= 11 is 0. The van der Waals surface area contributed by atoms with Gasteiger partial charge in [-0.25, -0.2) is 4.57 Å². The number of nitrogens with two attached hydrogens (primary N) is 1. The Morgan fingerprint density at radius 2 is 0.902 bits per heavy atom. The highest BCUT2D eigenvalue weighted by Crippen LogP contribution is 2.43. The first-order valence-corrected chi connectivity index (χ1v) is 26.2. The summed E-state index contributed by atoms with van der Waals surface area (Å²) < 4.78 is 33.5. The van der Waals surface area contributed by atoms with Gasteiger partial charge in [-0.3, -0.25) is 18.6 Å². The van der Waals surface area contributed by atoms with Crippen LogP contribution in [-0.2, 0) is 32.7 Å². The molecule has 0 bridgehead atoms. The minimum absolute atomic E-state index is 0.0131. The molecule has 4 N–H and O–H groups in total. The van der Waals surface area contributed by atoms with Gasteiger partial charge in [-0.1, -0.05) is 184 Å². The second-order valence-electron chi connectivity index (χ2n) is 16.6. The van der Waals surface area contributed by atoms with Gasteiger partial charge < -0.3 is 25.2 Å². The molecule has 0 amide bonds. The molecule has 0 saturated heterocycles. The second-order valence-corrected chi connectivity index (χ2v) is 18.0. The molecule has 0 heterocycles. The lowest BCUT2D eigenvalue weighted by atomic mass is 10.1. The third-order valence-corrected chi connectivity index (χ3v) is 11.5. The molecule has 11 heteroatoms. The van der Waals surface area contributed by atoms with Crippen molar-refractivity contribution in [2.24, 2.45) is 5.73 Å². The Hall–Kier alpha value is -2.07. The van der Waals surface area contributed by atoms with Gasteiger partial charge in [-0.2, -0.15) is 0 Å². The number of aliphatic carboxylic acids is 1. The van der Waals surface area contributed by atoms with E-state index in [0.717, 1.165) is 57.8 Å². The maximum absolute atomic E-state index is 12.7. The number of carbonyl (C=O) groups is 2. The van der Waals surface area contributed by atoms with E-state index in [1.807, 2.05) is 0 Å². The van der Waals surface area contributed by atoms with Crippen LogP contribution in [-0.4, -0.2) is 60.5 Å². The van der Waals surface area contributed by atoms with Crippen molar-refractivity contribution in [2.75, 3.05) is 26.4 Å². The first kappa shape index (κ1) is 58.9. The minimum atomic E-state index is -4.62. The number of ether oxygens (including phenoxy) is 2. The Kier molecular flexibility index (Phi) is 44.4. The molecule has 10 nitrogen and oxygen atoms in total. The first-order chi connectivity index (χ1) is 29.7. The molecule has 61 heavy (non-hydrogen) atoms. The molecule has 3 atom stereocenters. The van der Waals surface area contributed by atoms with Crippen molar-refractivity contribution < 1.29 is 42.7 Å².